The van der Waals surface area contributed by atoms with Crippen LogP contribution in [0, 0.1) is 21.7 Å². The van der Waals surface area contributed by atoms with Crippen molar-refractivity contribution in [1.82, 2.24) is 9.97 Å². The number of hydrazine groups is 1. The van der Waals surface area contributed by atoms with Gasteiger partial charge in [0.15, 0.2) is 11.6 Å². The number of nitrogens with one attached hydrogen (secondary N) is 1. The summed E-state index contributed by atoms with van der Waals surface area (Å²) in [6.45, 7) is 0. The van der Waals surface area contributed by atoms with E-state index in [0.29, 0.717) is 12.1 Å². The summed E-state index contributed by atoms with van der Waals surface area (Å²) in [5.74, 6) is 2.10. The molecule has 0 radical (unpaired) electrons. The predicted molar refractivity (Wildman–Crippen MR) is 62.9 cm³/mol. The summed E-state index contributed by atoms with van der Waals surface area (Å²) in [6, 6.07) is 2.26. The largest absolute Gasteiger partial charge is 0.436 e. The van der Waals surface area contributed by atoms with E-state index in [1.165, 1.54) is 12.3 Å². The van der Waals surface area contributed by atoms with E-state index < -0.39 is 28.0 Å². The Hall–Kier alpha value is -2.88. The van der Waals surface area contributed by atoms with Gasteiger partial charge in [-0.05, 0) is 0 Å². The molecule has 1 aromatic carbocycles. The lowest BCUT2D eigenvalue weighted by Gasteiger charge is -2.07. The molecule has 0 unspecified atom stereocenters. The van der Waals surface area contributed by atoms with Crippen LogP contribution in [0.1, 0.15) is 0 Å². The van der Waals surface area contributed by atoms with Gasteiger partial charge in [-0.25, -0.2) is 15.2 Å². The molecular formula is C10H7F2N5O3. The first kappa shape index (κ1) is 13.5. The molecule has 3 N–H and O–H groups in total. The number of hydrogen-bond donors (Lipinski definition) is 2. The third-order valence-electron chi connectivity index (χ3n) is 2.17. The Kier molecular flexibility index (Phi) is 3.66. The highest BCUT2D eigenvalue weighted by Gasteiger charge is 2.20. The zero-order valence-corrected chi connectivity index (χ0v) is 9.71. The molecule has 0 fully saturated rings. The van der Waals surface area contributed by atoms with E-state index in [-0.39, 0.29) is 11.8 Å². The van der Waals surface area contributed by atoms with Crippen LogP contribution in [-0.4, -0.2) is 14.9 Å². The minimum absolute atomic E-state index is 0.00490. The highest BCUT2D eigenvalue weighted by molar-refractivity contribution is 5.41. The van der Waals surface area contributed by atoms with Gasteiger partial charge in [-0.15, -0.1) is 0 Å². The molecule has 0 bridgehead atoms. The Labute approximate surface area is 110 Å². The summed E-state index contributed by atoms with van der Waals surface area (Å²) >= 11 is 0. The molecule has 0 saturated carbocycles. The van der Waals surface area contributed by atoms with Crippen LogP contribution in [0.2, 0.25) is 0 Å². The highest BCUT2D eigenvalue weighted by atomic mass is 19.1. The molecule has 0 aliphatic heterocycles. The Balaban J connectivity index is 2.34. The molecule has 0 saturated heterocycles. The summed E-state index contributed by atoms with van der Waals surface area (Å²) < 4.78 is 31.9. The number of benzene rings is 1. The Morgan fingerprint density at radius 3 is 2.75 bits per heavy atom. The van der Waals surface area contributed by atoms with Gasteiger partial charge in [0, 0.05) is 18.3 Å². The van der Waals surface area contributed by atoms with Crippen LogP contribution in [0.3, 0.4) is 0 Å². The number of rotatable bonds is 4. The van der Waals surface area contributed by atoms with Gasteiger partial charge in [0.25, 0.3) is 0 Å². The SMILES string of the molecule is NNc1nccc(Oc2cc(F)c([N+](=O)[O-])cc2F)n1. The third-order valence-corrected chi connectivity index (χ3v) is 2.17. The number of hydrogen-bond acceptors (Lipinski definition) is 7. The number of nitro benzene ring substituents is 1. The number of nitrogen functional groups attached to an aromatic ring is 1. The topological polar surface area (TPSA) is 116 Å². The minimum Gasteiger partial charge on any atom is -0.436 e. The molecule has 20 heavy (non-hydrogen) atoms. The number of ether oxygens (including phenoxy) is 1. The van der Waals surface area contributed by atoms with E-state index in [1.807, 2.05) is 0 Å². The molecule has 0 spiro atoms. The summed E-state index contributed by atoms with van der Waals surface area (Å²) in [5.41, 5.74) is 1.16. The third kappa shape index (κ3) is 2.75. The molecular weight excluding hydrogens is 276 g/mol. The second kappa shape index (κ2) is 5.40. The average molecular weight is 283 g/mol. The maximum atomic E-state index is 13.6. The second-order valence-corrected chi connectivity index (χ2v) is 3.46. The fourth-order valence-corrected chi connectivity index (χ4v) is 1.32. The second-order valence-electron chi connectivity index (χ2n) is 3.46. The predicted octanol–water partition coefficient (Wildman–Crippen LogP) is 1.74. The summed E-state index contributed by atoms with van der Waals surface area (Å²) in [7, 11) is 0. The standard InChI is InChI=1S/C10H7F2N5O3/c11-5-4-8(6(12)3-7(5)17(18)19)20-9-1-2-14-10(15-9)16-13/h1-4H,13H2,(H,14,15,16). The van der Waals surface area contributed by atoms with Crippen LogP contribution in [0.15, 0.2) is 24.4 Å². The molecule has 104 valence electrons. The smallest absolute Gasteiger partial charge is 0.307 e. The van der Waals surface area contributed by atoms with Gasteiger partial charge >= 0.3 is 5.69 Å². The maximum absolute atomic E-state index is 13.6. The molecule has 0 aliphatic carbocycles. The number of nitrogens with zero attached hydrogens (tertiary/aromatic N) is 3. The Morgan fingerprint density at radius 1 is 1.35 bits per heavy atom. The van der Waals surface area contributed by atoms with Crippen LogP contribution in [0.25, 0.3) is 0 Å². The lowest BCUT2D eigenvalue weighted by atomic mass is 10.3. The number of anilines is 1. The molecule has 1 heterocycles. The first-order chi connectivity index (χ1) is 9.51. The summed E-state index contributed by atoms with van der Waals surface area (Å²) in [6.07, 6.45) is 1.27. The van der Waals surface area contributed by atoms with Gasteiger partial charge in [-0.2, -0.15) is 9.37 Å². The van der Waals surface area contributed by atoms with Gasteiger partial charge in [-0.3, -0.25) is 15.5 Å². The van der Waals surface area contributed by atoms with Gasteiger partial charge < -0.3 is 4.74 Å². The van der Waals surface area contributed by atoms with Crippen molar-refractivity contribution < 1.29 is 18.4 Å². The normalized spacial score (nSPS) is 10.2. The van der Waals surface area contributed by atoms with Gasteiger partial charge in [0.1, 0.15) is 0 Å². The Morgan fingerprint density at radius 2 is 2.10 bits per heavy atom. The first-order valence-corrected chi connectivity index (χ1v) is 5.12. The quantitative estimate of drug-likeness (QED) is 0.498. The van der Waals surface area contributed by atoms with Crippen LogP contribution in [0.4, 0.5) is 20.4 Å². The molecule has 10 heteroatoms. The van der Waals surface area contributed by atoms with Crippen molar-refractivity contribution >= 4 is 11.6 Å². The van der Waals surface area contributed by atoms with Crippen LogP contribution >= 0.6 is 0 Å². The molecule has 0 amide bonds. The molecule has 0 aliphatic rings. The number of nitro groups is 1. The molecule has 2 rings (SSSR count). The van der Waals surface area contributed by atoms with Gasteiger partial charge in [0.05, 0.1) is 11.0 Å². The average Bonchev–Trinajstić information content (AvgIpc) is 2.42. The van der Waals surface area contributed by atoms with Crippen LogP contribution in [0.5, 0.6) is 11.6 Å². The van der Waals surface area contributed by atoms with Crippen molar-refractivity contribution in [3.8, 4) is 11.6 Å². The van der Waals surface area contributed by atoms with E-state index in [4.69, 9.17) is 10.6 Å². The van der Waals surface area contributed by atoms with Crippen molar-refractivity contribution in [2.24, 2.45) is 5.84 Å². The van der Waals surface area contributed by atoms with E-state index in [0.717, 1.165) is 0 Å². The van der Waals surface area contributed by atoms with E-state index in [9.17, 15) is 18.9 Å². The lowest BCUT2D eigenvalue weighted by Crippen LogP contribution is -2.10. The zero-order valence-electron chi connectivity index (χ0n) is 9.71. The fraction of sp³-hybridized carbons (Fsp3) is 0. The van der Waals surface area contributed by atoms with Gasteiger partial charge in [0.2, 0.25) is 17.6 Å². The first-order valence-electron chi connectivity index (χ1n) is 5.12. The maximum Gasteiger partial charge on any atom is 0.307 e. The highest BCUT2D eigenvalue weighted by Crippen LogP contribution is 2.29. The van der Waals surface area contributed by atoms with E-state index in [1.54, 1.807) is 0 Å². The van der Waals surface area contributed by atoms with Crippen LogP contribution in [-0.2, 0) is 0 Å². The van der Waals surface area contributed by atoms with Crippen molar-refractivity contribution in [1.29, 1.82) is 0 Å². The summed E-state index contributed by atoms with van der Waals surface area (Å²) in [4.78, 5) is 16.8. The Bertz CT molecular complexity index is 667. The minimum atomic E-state index is -1.22. The number of aromatic nitrogens is 2. The summed E-state index contributed by atoms with van der Waals surface area (Å²) in [5, 5.41) is 10.4. The van der Waals surface area contributed by atoms with Crippen molar-refractivity contribution in [2.45, 2.75) is 0 Å². The molecule has 0 atom stereocenters. The number of halogens is 2. The van der Waals surface area contributed by atoms with Crippen LogP contribution < -0.4 is 16.0 Å². The lowest BCUT2D eigenvalue weighted by molar-refractivity contribution is -0.387. The van der Waals surface area contributed by atoms with Crippen molar-refractivity contribution in [3.63, 3.8) is 0 Å². The molecule has 2 aromatic rings. The van der Waals surface area contributed by atoms with E-state index in [2.05, 4.69) is 15.4 Å². The van der Waals surface area contributed by atoms with Gasteiger partial charge in [-0.1, -0.05) is 0 Å². The zero-order chi connectivity index (χ0) is 14.7. The number of nitrogens with two attached hydrogens (primary N) is 1. The van der Waals surface area contributed by atoms with Crippen molar-refractivity contribution in [2.75, 3.05) is 5.43 Å². The van der Waals surface area contributed by atoms with E-state index >= 15 is 0 Å². The molecule has 8 nitrogen and oxygen atoms in total. The molecule has 1 aromatic heterocycles. The monoisotopic (exact) mass is 283 g/mol. The fourth-order valence-electron chi connectivity index (χ4n) is 1.32. The van der Waals surface area contributed by atoms with Crippen molar-refractivity contribution in [3.05, 3.63) is 46.1 Å².